The van der Waals surface area contributed by atoms with Crippen LogP contribution in [0.2, 0.25) is 0 Å². The van der Waals surface area contributed by atoms with Gasteiger partial charge in [0.25, 0.3) is 0 Å². The molecule has 164 valence electrons. The minimum Gasteiger partial charge on any atom is -0.484 e. The van der Waals surface area contributed by atoms with E-state index in [1.807, 2.05) is 13.0 Å². The van der Waals surface area contributed by atoms with E-state index < -0.39 is 12.8 Å². The largest absolute Gasteiger partial charge is 0.484 e. The van der Waals surface area contributed by atoms with E-state index >= 15 is 0 Å². The number of aliphatic imine (C=N–C) groups is 1. The van der Waals surface area contributed by atoms with E-state index in [9.17, 15) is 13.2 Å². The number of rotatable bonds is 7. The van der Waals surface area contributed by atoms with Crippen LogP contribution in [0.4, 0.5) is 13.2 Å². The number of alkyl halides is 3. The number of ether oxygens (including phenoxy) is 1. The Kier molecular flexibility index (Phi) is 8.61. The molecular formula is C21H33F3N4O. The van der Waals surface area contributed by atoms with Gasteiger partial charge in [-0.1, -0.05) is 12.1 Å². The first-order chi connectivity index (χ1) is 13.7. The number of nitrogens with one attached hydrogen (secondary N) is 2. The molecule has 1 aromatic carbocycles. The second kappa shape index (κ2) is 10.7. The smallest absolute Gasteiger partial charge is 0.422 e. The zero-order valence-electron chi connectivity index (χ0n) is 17.8. The number of guanidine groups is 1. The van der Waals surface area contributed by atoms with Crippen molar-refractivity contribution >= 4 is 5.96 Å². The van der Waals surface area contributed by atoms with Crippen molar-refractivity contribution in [3.63, 3.8) is 0 Å². The Balaban J connectivity index is 1.89. The van der Waals surface area contributed by atoms with Gasteiger partial charge in [0.15, 0.2) is 12.6 Å². The summed E-state index contributed by atoms with van der Waals surface area (Å²) >= 11 is 0. The lowest BCUT2D eigenvalue weighted by Gasteiger charge is -2.35. The first-order valence-electron chi connectivity index (χ1n) is 10.2. The summed E-state index contributed by atoms with van der Waals surface area (Å²) in [6.45, 7) is 8.31. The first kappa shape index (κ1) is 23.3. The van der Waals surface area contributed by atoms with Crippen LogP contribution in [-0.2, 0) is 6.54 Å². The second-order valence-electron chi connectivity index (χ2n) is 7.92. The van der Waals surface area contributed by atoms with Crippen molar-refractivity contribution in [3.05, 3.63) is 29.3 Å². The summed E-state index contributed by atoms with van der Waals surface area (Å²) < 4.78 is 42.6. The van der Waals surface area contributed by atoms with Gasteiger partial charge in [-0.3, -0.25) is 4.99 Å². The average molecular weight is 415 g/mol. The number of benzene rings is 1. The highest BCUT2D eigenvalue weighted by atomic mass is 19.4. The Hall–Kier alpha value is -1.96. The molecule has 1 fully saturated rings. The molecule has 1 aliphatic rings. The highest BCUT2D eigenvalue weighted by Gasteiger charge is 2.29. The van der Waals surface area contributed by atoms with Gasteiger partial charge in [0, 0.05) is 38.3 Å². The monoisotopic (exact) mass is 414 g/mol. The van der Waals surface area contributed by atoms with Crippen molar-refractivity contribution in [1.82, 2.24) is 15.5 Å². The zero-order chi connectivity index (χ0) is 21.4. The number of piperidine rings is 1. The predicted octanol–water partition coefficient (Wildman–Crippen LogP) is 3.72. The molecule has 1 aliphatic heterocycles. The second-order valence-corrected chi connectivity index (χ2v) is 7.92. The van der Waals surface area contributed by atoms with E-state index in [0.29, 0.717) is 30.0 Å². The van der Waals surface area contributed by atoms with Gasteiger partial charge in [-0.2, -0.15) is 13.2 Å². The first-order valence-corrected chi connectivity index (χ1v) is 10.2. The maximum atomic E-state index is 12.5. The van der Waals surface area contributed by atoms with Crippen molar-refractivity contribution in [2.75, 3.05) is 33.3 Å². The summed E-state index contributed by atoms with van der Waals surface area (Å²) in [5.41, 5.74) is 1.51. The van der Waals surface area contributed by atoms with Gasteiger partial charge < -0.3 is 20.3 Å². The van der Waals surface area contributed by atoms with Gasteiger partial charge in [0.2, 0.25) is 0 Å². The Labute approximate surface area is 171 Å². The third-order valence-corrected chi connectivity index (χ3v) is 5.12. The van der Waals surface area contributed by atoms with Gasteiger partial charge in [-0.05, 0) is 57.7 Å². The Bertz CT molecular complexity index is 676. The molecule has 0 radical (unpaired) electrons. The van der Waals surface area contributed by atoms with Crippen LogP contribution >= 0.6 is 0 Å². The van der Waals surface area contributed by atoms with Crippen LogP contribution in [0.1, 0.15) is 37.8 Å². The molecule has 2 rings (SSSR count). The number of halogens is 3. The zero-order valence-corrected chi connectivity index (χ0v) is 17.8. The molecule has 5 nitrogen and oxygen atoms in total. The molecule has 0 saturated carbocycles. The molecule has 1 aromatic rings. The van der Waals surface area contributed by atoms with E-state index in [0.717, 1.165) is 25.2 Å². The molecule has 0 spiro atoms. The van der Waals surface area contributed by atoms with E-state index in [1.54, 1.807) is 19.2 Å². The predicted molar refractivity (Wildman–Crippen MR) is 110 cm³/mol. The van der Waals surface area contributed by atoms with Crippen molar-refractivity contribution in [1.29, 1.82) is 0 Å². The van der Waals surface area contributed by atoms with Crippen molar-refractivity contribution < 1.29 is 17.9 Å². The molecule has 1 heterocycles. The number of hydrogen-bond donors (Lipinski definition) is 2. The van der Waals surface area contributed by atoms with Crippen LogP contribution in [0, 0.1) is 12.8 Å². The molecule has 8 heteroatoms. The summed E-state index contributed by atoms with van der Waals surface area (Å²) in [5.74, 6) is 1.42. The standard InChI is InChI=1S/C21H33F3N4O/c1-15(2)28-9-5-6-17(13-28)11-26-20(25-4)27-12-18-8-7-16(3)10-19(18)29-14-21(22,23)24/h7-8,10,15,17H,5-6,9,11-14H2,1-4H3,(H2,25,26,27). The third kappa shape index (κ3) is 8.12. The topological polar surface area (TPSA) is 48.9 Å². The Morgan fingerprint density at radius 2 is 2.07 bits per heavy atom. The molecule has 0 aliphatic carbocycles. The van der Waals surface area contributed by atoms with Crippen LogP contribution in [0.15, 0.2) is 23.2 Å². The van der Waals surface area contributed by atoms with Crippen LogP contribution in [0.5, 0.6) is 5.75 Å². The van der Waals surface area contributed by atoms with Crippen LogP contribution in [0.3, 0.4) is 0 Å². The maximum absolute atomic E-state index is 12.5. The SMILES string of the molecule is CN=C(NCc1ccc(C)cc1OCC(F)(F)F)NCC1CCCN(C(C)C)C1. The lowest BCUT2D eigenvalue weighted by molar-refractivity contribution is -0.153. The van der Waals surface area contributed by atoms with E-state index in [1.165, 1.54) is 12.8 Å². The quantitative estimate of drug-likeness (QED) is 0.527. The van der Waals surface area contributed by atoms with E-state index in [-0.39, 0.29) is 5.75 Å². The molecule has 1 saturated heterocycles. The molecule has 0 bridgehead atoms. The summed E-state index contributed by atoms with van der Waals surface area (Å²) in [7, 11) is 1.69. The molecule has 0 aromatic heterocycles. The van der Waals surface area contributed by atoms with Crippen molar-refractivity contribution in [2.24, 2.45) is 10.9 Å². The average Bonchev–Trinajstić information content (AvgIpc) is 2.67. The summed E-state index contributed by atoms with van der Waals surface area (Å²) in [6, 6.07) is 5.81. The third-order valence-electron chi connectivity index (χ3n) is 5.12. The van der Waals surface area contributed by atoms with Crippen molar-refractivity contribution in [3.8, 4) is 5.75 Å². The molecule has 1 atom stereocenters. The fourth-order valence-electron chi connectivity index (χ4n) is 3.48. The molecule has 29 heavy (non-hydrogen) atoms. The fourth-order valence-corrected chi connectivity index (χ4v) is 3.48. The molecular weight excluding hydrogens is 381 g/mol. The summed E-state index contributed by atoms with van der Waals surface area (Å²) in [6.07, 6.45) is -1.99. The van der Waals surface area contributed by atoms with Crippen LogP contribution in [0.25, 0.3) is 0 Å². The van der Waals surface area contributed by atoms with Gasteiger partial charge >= 0.3 is 6.18 Å². The van der Waals surface area contributed by atoms with Crippen molar-refractivity contribution in [2.45, 2.75) is 52.4 Å². The lowest BCUT2D eigenvalue weighted by Crippen LogP contribution is -2.46. The highest BCUT2D eigenvalue weighted by molar-refractivity contribution is 5.79. The molecule has 0 amide bonds. The Morgan fingerprint density at radius 3 is 2.72 bits per heavy atom. The number of likely N-dealkylation sites (tertiary alicyclic amines) is 1. The maximum Gasteiger partial charge on any atom is 0.422 e. The number of hydrogen-bond acceptors (Lipinski definition) is 3. The molecule has 2 N–H and O–H groups in total. The lowest BCUT2D eigenvalue weighted by atomic mass is 9.97. The normalized spacial score (nSPS) is 18.8. The number of aryl methyl sites for hydroxylation is 1. The number of nitrogens with zero attached hydrogens (tertiary/aromatic N) is 2. The van der Waals surface area contributed by atoms with Crippen LogP contribution in [-0.4, -0.2) is 56.4 Å². The minimum absolute atomic E-state index is 0.241. The van der Waals surface area contributed by atoms with Gasteiger partial charge in [-0.25, -0.2) is 0 Å². The van der Waals surface area contributed by atoms with E-state index in [2.05, 4.69) is 34.4 Å². The molecule has 1 unspecified atom stereocenters. The fraction of sp³-hybridized carbons (Fsp3) is 0.667. The summed E-state index contributed by atoms with van der Waals surface area (Å²) in [4.78, 5) is 6.72. The minimum atomic E-state index is -4.37. The van der Waals surface area contributed by atoms with Crippen LogP contribution < -0.4 is 15.4 Å². The van der Waals surface area contributed by atoms with E-state index in [4.69, 9.17) is 4.74 Å². The van der Waals surface area contributed by atoms with Gasteiger partial charge in [-0.15, -0.1) is 0 Å². The Morgan fingerprint density at radius 1 is 1.31 bits per heavy atom. The van der Waals surface area contributed by atoms with Gasteiger partial charge in [0.1, 0.15) is 5.75 Å². The van der Waals surface area contributed by atoms with Gasteiger partial charge in [0.05, 0.1) is 0 Å². The summed E-state index contributed by atoms with van der Waals surface area (Å²) in [5, 5.41) is 6.53. The highest BCUT2D eigenvalue weighted by Crippen LogP contribution is 2.24.